The van der Waals surface area contributed by atoms with Crippen LogP contribution in [0.15, 0.2) is 48.5 Å². The highest BCUT2D eigenvalue weighted by molar-refractivity contribution is 6.10. The quantitative estimate of drug-likeness (QED) is 0.720. The first-order valence-corrected chi connectivity index (χ1v) is 11.4. The molecule has 0 radical (unpaired) electrons. The number of carbonyl (C=O) groups is 3. The van der Waals surface area contributed by atoms with Gasteiger partial charge in [0, 0.05) is 12.2 Å². The molecule has 7 nitrogen and oxygen atoms in total. The highest BCUT2D eigenvalue weighted by Gasteiger charge is 2.55. The Kier molecular flexibility index (Phi) is 5.12. The zero-order valence-corrected chi connectivity index (χ0v) is 18.3. The number of anilines is 3. The molecule has 32 heavy (non-hydrogen) atoms. The first-order chi connectivity index (χ1) is 15.5. The van der Waals surface area contributed by atoms with E-state index in [4.69, 9.17) is 0 Å². The molecular formula is C25H28N4O3. The fraction of sp³-hybridized carbons (Fsp3) is 0.400. The lowest BCUT2D eigenvalue weighted by Crippen LogP contribution is -2.54. The number of rotatable bonds is 4. The Morgan fingerprint density at radius 3 is 2.66 bits per heavy atom. The zero-order chi connectivity index (χ0) is 22.3. The molecule has 2 aliphatic heterocycles. The highest BCUT2D eigenvalue weighted by atomic mass is 16.2. The molecule has 0 aromatic heterocycles. The smallest absolute Gasteiger partial charge is 0.325 e. The maximum Gasteiger partial charge on any atom is 0.325 e. The predicted molar refractivity (Wildman–Crippen MR) is 123 cm³/mol. The van der Waals surface area contributed by atoms with Crippen LogP contribution in [-0.4, -0.2) is 41.4 Å². The molecule has 1 saturated carbocycles. The van der Waals surface area contributed by atoms with Crippen LogP contribution in [0.4, 0.5) is 21.9 Å². The van der Waals surface area contributed by atoms with E-state index in [0.29, 0.717) is 12.1 Å². The lowest BCUT2D eigenvalue weighted by molar-refractivity contribution is -0.136. The van der Waals surface area contributed by atoms with E-state index in [0.717, 1.165) is 48.5 Å². The van der Waals surface area contributed by atoms with Crippen LogP contribution in [0.25, 0.3) is 0 Å². The summed E-state index contributed by atoms with van der Waals surface area (Å²) in [5.41, 5.74) is 3.13. The first kappa shape index (κ1) is 20.5. The van der Waals surface area contributed by atoms with Crippen LogP contribution in [0.1, 0.15) is 38.2 Å². The van der Waals surface area contributed by atoms with Crippen molar-refractivity contribution < 1.29 is 14.4 Å². The van der Waals surface area contributed by atoms with E-state index in [1.807, 2.05) is 43.3 Å². The molecule has 2 atom stereocenters. The van der Waals surface area contributed by atoms with Crippen LogP contribution in [0, 0.1) is 5.92 Å². The molecular weight excluding hydrogens is 404 g/mol. The standard InChI is InChI=1S/C25H28N4O3/c1-17-8-6-7-14-25(17)23(31)29(24(32)27-25)16-22(30)26-19-10-3-5-12-21(19)28-15-13-18-9-2-4-11-20(18)28/h2-5,9-12,17H,6-8,13-16H2,1H3,(H,26,30)(H,27,32). The maximum atomic E-state index is 13.2. The summed E-state index contributed by atoms with van der Waals surface area (Å²) in [6.07, 6.45) is 4.44. The van der Waals surface area contributed by atoms with E-state index in [-0.39, 0.29) is 24.3 Å². The molecule has 2 fully saturated rings. The van der Waals surface area contributed by atoms with Crippen molar-refractivity contribution in [1.82, 2.24) is 10.2 Å². The van der Waals surface area contributed by atoms with Crippen LogP contribution in [0.3, 0.4) is 0 Å². The lowest BCUT2D eigenvalue weighted by atomic mass is 9.73. The Morgan fingerprint density at radius 2 is 1.84 bits per heavy atom. The third-order valence-electron chi connectivity index (χ3n) is 7.16. The second-order valence-electron chi connectivity index (χ2n) is 9.04. The Labute approximate surface area is 187 Å². The van der Waals surface area contributed by atoms with Gasteiger partial charge >= 0.3 is 6.03 Å². The first-order valence-electron chi connectivity index (χ1n) is 11.4. The molecule has 2 aromatic rings. The van der Waals surface area contributed by atoms with Crippen molar-refractivity contribution in [1.29, 1.82) is 0 Å². The number of hydrogen-bond donors (Lipinski definition) is 2. The second kappa shape index (κ2) is 7.97. The molecule has 166 valence electrons. The Morgan fingerprint density at radius 1 is 1.09 bits per heavy atom. The Hall–Kier alpha value is -3.35. The van der Waals surface area contributed by atoms with E-state index in [1.54, 1.807) is 0 Å². The van der Waals surface area contributed by atoms with Gasteiger partial charge in [0.05, 0.1) is 11.4 Å². The van der Waals surface area contributed by atoms with Gasteiger partial charge in [0.15, 0.2) is 0 Å². The number of urea groups is 1. The van der Waals surface area contributed by atoms with Crippen molar-refractivity contribution >= 4 is 34.9 Å². The molecule has 1 saturated heterocycles. The topological polar surface area (TPSA) is 81.8 Å². The van der Waals surface area contributed by atoms with Gasteiger partial charge in [0.25, 0.3) is 5.91 Å². The van der Waals surface area contributed by atoms with Crippen LogP contribution in [0.5, 0.6) is 0 Å². The van der Waals surface area contributed by atoms with Gasteiger partial charge in [-0.3, -0.25) is 14.5 Å². The van der Waals surface area contributed by atoms with Gasteiger partial charge in [-0.15, -0.1) is 0 Å². The number of amides is 4. The molecule has 2 N–H and O–H groups in total. The second-order valence-corrected chi connectivity index (χ2v) is 9.04. The van der Waals surface area contributed by atoms with E-state index in [1.165, 1.54) is 5.56 Å². The number of imide groups is 1. The van der Waals surface area contributed by atoms with E-state index in [9.17, 15) is 14.4 Å². The van der Waals surface area contributed by atoms with Gasteiger partial charge in [0.1, 0.15) is 12.1 Å². The van der Waals surface area contributed by atoms with Crippen LogP contribution < -0.4 is 15.5 Å². The zero-order valence-electron chi connectivity index (χ0n) is 18.3. The summed E-state index contributed by atoms with van der Waals surface area (Å²) in [5.74, 6) is -0.586. The van der Waals surface area contributed by atoms with Crippen molar-refractivity contribution in [2.24, 2.45) is 5.92 Å². The lowest BCUT2D eigenvalue weighted by Gasteiger charge is -2.36. The molecule has 5 rings (SSSR count). The molecule has 2 aromatic carbocycles. The average molecular weight is 433 g/mol. The minimum Gasteiger partial charge on any atom is -0.339 e. The maximum absolute atomic E-state index is 13.2. The number of carbonyl (C=O) groups excluding carboxylic acids is 3. The number of para-hydroxylation sites is 3. The fourth-order valence-electron chi connectivity index (χ4n) is 5.38. The van der Waals surface area contributed by atoms with Crippen molar-refractivity contribution in [2.75, 3.05) is 23.3 Å². The third-order valence-corrected chi connectivity index (χ3v) is 7.16. The van der Waals surface area contributed by atoms with E-state index >= 15 is 0 Å². The average Bonchev–Trinajstić information content (AvgIpc) is 3.32. The molecule has 2 heterocycles. The number of nitrogens with one attached hydrogen (secondary N) is 2. The molecule has 3 aliphatic rings. The van der Waals surface area contributed by atoms with Crippen LogP contribution in [-0.2, 0) is 16.0 Å². The van der Waals surface area contributed by atoms with Crippen molar-refractivity contribution in [3.05, 3.63) is 54.1 Å². The van der Waals surface area contributed by atoms with E-state index < -0.39 is 11.6 Å². The summed E-state index contributed by atoms with van der Waals surface area (Å²) < 4.78 is 0. The molecule has 0 bridgehead atoms. The number of nitrogens with zero attached hydrogens (tertiary/aromatic N) is 2. The number of hydrogen-bond acceptors (Lipinski definition) is 4. The molecule has 2 unspecified atom stereocenters. The normalized spacial score (nSPS) is 24.6. The molecule has 1 aliphatic carbocycles. The van der Waals surface area contributed by atoms with Gasteiger partial charge in [-0.25, -0.2) is 4.79 Å². The van der Waals surface area contributed by atoms with Gasteiger partial charge in [0.2, 0.25) is 5.91 Å². The van der Waals surface area contributed by atoms with Crippen molar-refractivity contribution in [2.45, 2.75) is 44.6 Å². The molecule has 1 spiro atoms. The molecule has 4 amide bonds. The number of benzene rings is 2. The van der Waals surface area contributed by atoms with Crippen LogP contribution in [0.2, 0.25) is 0 Å². The van der Waals surface area contributed by atoms with Gasteiger partial charge < -0.3 is 15.5 Å². The molecule has 7 heteroatoms. The summed E-state index contributed by atoms with van der Waals surface area (Å²) in [7, 11) is 0. The Bertz CT molecular complexity index is 1080. The predicted octanol–water partition coefficient (Wildman–Crippen LogP) is 3.82. The number of fused-ring (bicyclic) bond motifs is 1. The monoisotopic (exact) mass is 432 g/mol. The summed E-state index contributed by atoms with van der Waals surface area (Å²) in [4.78, 5) is 42.0. The minimum absolute atomic E-state index is 0.0664. The summed E-state index contributed by atoms with van der Waals surface area (Å²) >= 11 is 0. The van der Waals surface area contributed by atoms with Crippen molar-refractivity contribution in [3.8, 4) is 0 Å². The highest BCUT2D eigenvalue weighted by Crippen LogP contribution is 2.39. The summed E-state index contributed by atoms with van der Waals surface area (Å²) in [6.45, 7) is 2.55. The Balaban J connectivity index is 1.33. The fourth-order valence-corrected chi connectivity index (χ4v) is 5.38. The van der Waals surface area contributed by atoms with Gasteiger partial charge in [-0.2, -0.15) is 0 Å². The summed E-state index contributed by atoms with van der Waals surface area (Å²) in [6, 6.07) is 15.4. The minimum atomic E-state index is -0.854. The van der Waals surface area contributed by atoms with Gasteiger partial charge in [-0.05, 0) is 48.9 Å². The van der Waals surface area contributed by atoms with E-state index in [2.05, 4.69) is 27.7 Å². The third kappa shape index (κ3) is 3.32. The largest absolute Gasteiger partial charge is 0.339 e. The SMILES string of the molecule is CC1CCCCC12NC(=O)N(CC(=O)Nc1ccccc1N1CCc3ccccc31)C2=O. The summed E-state index contributed by atoms with van der Waals surface area (Å²) in [5, 5.41) is 5.84. The van der Waals surface area contributed by atoms with Crippen LogP contribution >= 0.6 is 0 Å². The van der Waals surface area contributed by atoms with Gasteiger partial charge in [-0.1, -0.05) is 50.1 Å². The van der Waals surface area contributed by atoms with Crippen molar-refractivity contribution in [3.63, 3.8) is 0 Å².